The maximum Gasteiger partial charge on any atom is 0.386 e. The fourth-order valence-corrected chi connectivity index (χ4v) is 2.40. The van der Waals surface area contributed by atoms with E-state index in [2.05, 4.69) is 9.78 Å². The van der Waals surface area contributed by atoms with Gasteiger partial charge in [-0.2, -0.15) is 0 Å². The van der Waals surface area contributed by atoms with Crippen molar-refractivity contribution in [3.63, 3.8) is 0 Å². The van der Waals surface area contributed by atoms with E-state index in [0.29, 0.717) is 17.5 Å². The Morgan fingerprint density at radius 1 is 1.00 bits per heavy atom. The second kappa shape index (κ2) is 10.3. The molecular weight excluding hydrogens is 348 g/mol. The summed E-state index contributed by atoms with van der Waals surface area (Å²) in [5, 5.41) is 20.0. The normalized spacial score (nSPS) is 13.1. The number of hydrogen-bond donors (Lipinski definition) is 2. The molecule has 0 radical (unpaired) electrons. The van der Waals surface area contributed by atoms with Crippen LogP contribution in [0.5, 0.6) is 0 Å². The molecule has 6 nitrogen and oxygen atoms in total. The van der Waals surface area contributed by atoms with Crippen LogP contribution in [0.4, 0.5) is 0 Å². The highest BCUT2D eigenvalue weighted by atomic mass is 17.2. The van der Waals surface area contributed by atoms with Gasteiger partial charge < -0.3 is 10.2 Å². The van der Waals surface area contributed by atoms with Crippen molar-refractivity contribution in [2.45, 2.75) is 32.0 Å². The lowest BCUT2D eigenvalue weighted by Gasteiger charge is -2.16. The molecule has 2 unspecified atom stereocenters. The number of rotatable bonds is 7. The molecule has 0 aliphatic heterocycles. The molecule has 0 aromatic heterocycles. The van der Waals surface area contributed by atoms with Gasteiger partial charge >= 0.3 is 11.9 Å². The molecule has 27 heavy (non-hydrogen) atoms. The zero-order valence-corrected chi connectivity index (χ0v) is 14.9. The zero-order chi connectivity index (χ0) is 19.6. The molecule has 0 aliphatic rings. The summed E-state index contributed by atoms with van der Waals surface area (Å²) < 4.78 is 0. The van der Waals surface area contributed by atoms with Crippen molar-refractivity contribution in [2.75, 3.05) is 0 Å². The summed E-state index contributed by atoms with van der Waals surface area (Å²) in [5.74, 6) is -1.64. The molecule has 142 valence electrons. The fraction of sp³-hybridized carbons (Fsp3) is 0.238. The molecular formula is C21H22O6. The summed E-state index contributed by atoms with van der Waals surface area (Å²) in [6, 6.07) is 15.1. The second-order valence-electron chi connectivity index (χ2n) is 5.92. The van der Waals surface area contributed by atoms with Gasteiger partial charge in [0.15, 0.2) is 0 Å². The molecule has 0 bridgehead atoms. The SMILES string of the molecule is CCC(O)CC(O)c1ccccc1/C=C/C(=O)OOC(=O)c1ccccc1. The Bertz CT molecular complexity index is 784. The van der Waals surface area contributed by atoms with E-state index in [9.17, 15) is 19.8 Å². The second-order valence-corrected chi connectivity index (χ2v) is 5.92. The van der Waals surface area contributed by atoms with Gasteiger partial charge in [-0.15, -0.1) is 0 Å². The van der Waals surface area contributed by atoms with Crippen LogP contribution in [0.25, 0.3) is 6.08 Å². The molecule has 2 aromatic carbocycles. The van der Waals surface area contributed by atoms with Gasteiger partial charge in [0.1, 0.15) is 0 Å². The molecule has 2 aromatic rings. The summed E-state index contributed by atoms with van der Waals surface area (Å²) in [4.78, 5) is 32.5. The molecule has 0 spiro atoms. The van der Waals surface area contributed by atoms with Crippen LogP contribution >= 0.6 is 0 Å². The van der Waals surface area contributed by atoms with Crippen LogP contribution < -0.4 is 0 Å². The summed E-state index contributed by atoms with van der Waals surface area (Å²) in [5.41, 5.74) is 1.44. The van der Waals surface area contributed by atoms with Crippen molar-refractivity contribution >= 4 is 18.0 Å². The van der Waals surface area contributed by atoms with Gasteiger partial charge in [0, 0.05) is 12.5 Å². The van der Waals surface area contributed by atoms with Crippen LogP contribution in [0.1, 0.15) is 47.4 Å². The minimum absolute atomic E-state index is 0.195. The third-order valence-electron chi connectivity index (χ3n) is 3.93. The van der Waals surface area contributed by atoms with E-state index in [1.54, 1.807) is 42.5 Å². The number of hydrogen-bond acceptors (Lipinski definition) is 6. The first-order valence-corrected chi connectivity index (χ1v) is 8.62. The van der Waals surface area contributed by atoms with Crippen LogP contribution in [0, 0.1) is 0 Å². The first-order chi connectivity index (χ1) is 13.0. The Morgan fingerprint density at radius 3 is 2.37 bits per heavy atom. The fourth-order valence-electron chi connectivity index (χ4n) is 2.40. The lowest BCUT2D eigenvalue weighted by molar-refractivity contribution is -0.228. The van der Waals surface area contributed by atoms with E-state index >= 15 is 0 Å². The monoisotopic (exact) mass is 370 g/mol. The zero-order valence-electron chi connectivity index (χ0n) is 14.9. The topological polar surface area (TPSA) is 93.1 Å². The van der Waals surface area contributed by atoms with Gasteiger partial charge in [0.25, 0.3) is 0 Å². The third-order valence-corrected chi connectivity index (χ3v) is 3.93. The summed E-state index contributed by atoms with van der Waals surface area (Å²) in [7, 11) is 0. The maximum absolute atomic E-state index is 11.8. The molecule has 0 aliphatic carbocycles. The molecule has 0 fully saturated rings. The minimum atomic E-state index is -0.868. The number of aliphatic hydroxyl groups excluding tert-OH is 2. The van der Waals surface area contributed by atoms with Crippen molar-refractivity contribution < 1.29 is 29.6 Å². The Hall–Kier alpha value is -2.96. The molecule has 2 N–H and O–H groups in total. The van der Waals surface area contributed by atoms with E-state index in [4.69, 9.17) is 0 Å². The average molecular weight is 370 g/mol. The predicted molar refractivity (Wildman–Crippen MR) is 99.3 cm³/mol. The van der Waals surface area contributed by atoms with E-state index in [0.717, 1.165) is 6.08 Å². The molecule has 0 saturated heterocycles. The Morgan fingerprint density at radius 2 is 1.67 bits per heavy atom. The van der Waals surface area contributed by atoms with Crippen LogP contribution in [0.3, 0.4) is 0 Å². The largest absolute Gasteiger partial charge is 0.393 e. The Labute approximate surface area is 157 Å². The Balaban J connectivity index is 1.97. The lowest BCUT2D eigenvalue weighted by atomic mass is 9.97. The summed E-state index contributed by atoms with van der Waals surface area (Å²) >= 11 is 0. The van der Waals surface area contributed by atoms with Crippen LogP contribution in [-0.2, 0) is 14.6 Å². The van der Waals surface area contributed by atoms with Gasteiger partial charge in [0.2, 0.25) is 0 Å². The molecule has 0 saturated carbocycles. The van der Waals surface area contributed by atoms with Crippen molar-refractivity contribution in [3.8, 4) is 0 Å². The quantitative estimate of drug-likeness (QED) is 0.442. The molecule has 6 heteroatoms. The van der Waals surface area contributed by atoms with Crippen molar-refractivity contribution in [1.82, 2.24) is 0 Å². The van der Waals surface area contributed by atoms with Gasteiger partial charge in [-0.1, -0.05) is 49.4 Å². The van der Waals surface area contributed by atoms with Crippen molar-refractivity contribution in [1.29, 1.82) is 0 Å². The van der Waals surface area contributed by atoms with E-state index < -0.39 is 24.1 Å². The highest BCUT2D eigenvalue weighted by molar-refractivity contribution is 5.91. The highest BCUT2D eigenvalue weighted by Crippen LogP contribution is 2.24. The molecule has 2 rings (SSSR count). The van der Waals surface area contributed by atoms with Crippen LogP contribution in [0.15, 0.2) is 60.7 Å². The van der Waals surface area contributed by atoms with Crippen LogP contribution in [-0.4, -0.2) is 28.3 Å². The minimum Gasteiger partial charge on any atom is -0.393 e. The van der Waals surface area contributed by atoms with E-state index in [1.807, 2.05) is 6.92 Å². The average Bonchev–Trinajstić information content (AvgIpc) is 2.71. The molecule has 2 atom stereocenters. The molecule has 0 amide bonds. The standard InChI is InChI=1S/C21H22O6/c1-2-17(22)14-19(23)18-11-7-6-8-15(18)12-13-20(24)26-27-21(25)16-9-4-3-5-10-16/h3-13,17,19,22-23H,2,14H2,1H3/b13-12+. The third kappa shape index (κ3) is 6.36. The number of benzene rings is 2. The van der Waals surface area contributed by atoms with Gasteiger partial charge in [-0.3, -0.25) is 0 Å². The highest BCUT2D eigenvalue weighted by Gasteiger charge is 2.15. The van der Waals surface area contributed by atoms with E-state index in [1.165, 1.54) is 18.2 Å². The van der Waals surface area contributed by atoms with Crippen molar-refractivity contribution in [2.24, 2.45) is 0 Å². The van der Waals surface area contributed by atoms with Gasteiger partial charge in [-0.05, 0) is 35.8 Å². The smallest absolute Gasteiger partial charge is 0.386 e. The summed E-state index contributed by atoms with van der Waals surface area (Å²) in [6.07, 6.45) is 1.80. The predicted octanol–water partition coefficient (Wildman–Crippen LogP) is 3.21. The first-order valence-electron chi connectivity index (χ1n) is 8.62. The number of aliphatic hydroxyl groups is 2. The first kappa shape index (κ1) is 20.4. The van der Waals surface area contributed by atoms with Crippen LogP contribution in [0.2, 0.25) is 0 Å². The summed E-state index contributed by atoms with van der Waals surface area (Å²) in [6.45, 7) is 1.83. The van der Waals surface area contributed by atoms with E-state index in [-0.39, 0.29) is 12.0 Å². The van der Waals surface area contributed by atoms with Crippen molar-refractivity contribution in [3.05, 3.63) is 77.4 Å². The van der Waals surface area contributed by atoms with Gasteiger partial charge in [0.05, 0.1) is 17.8 Å². The lowest BCUT2D eigenvalue weighted by Crippen LogP contribution is -2.12. The number of carbonyl (C=O) groups is 2. The van der Waals surface area contributed by atoms with Gasteiger partial charge in [-0.25, -0.2) is 19.4 Å². The maximum atomic E-state index is 11.8. The Kier molecular flexibility index (Phi) is 7.73. The molecule has 0 heterocycles. The number of carbonyl (C=O) groups excluding carboxylic acids is 2.